The van der Waals surface area contributed by atoms with Crippen LogP contribution in [0.25, 0.3) is 11.1 Å². The van der Waals surface area contributed by atoms with Gasteiger partial charge in [0, 0.05) is 0 Å². The van der Waals surface area contributed by atoms with Gasteiger partial charge in [0.1, 0.15) is 5.52 Å². The second kappa shape index (κ2) is 6.46. The summed E-state index contributed by atoms with van der Waals surface area (Å²) in [6.07, 6.45) is 4.27. The van der Waals surface area contributed by atoms with Gasteiger partial charge < -0.3 is 4.42 Å². The first-order valence-corrected chi connectivity index (χ1v) is 7.21. The molecule has 1 aromatic heterocycles. The number of rotatable bonds is 8. The van der Waals surface area contributed by atoms with Crippen molar-refractivity contribution in [1.29, 1.82) is 0 Å². The maximum absolute atomic E-state index is 12.8. The molecular formula is C16H19N2O3+. The van der Waals surface area contributed by atoms with Gasteiger partial charge in [-0.3, -0.25) is 4.79 Å². The minimum Gasteiger partial charge on any atom is -0.434 e. The van der Waals surface area contributed by atoms with E-state index in [4.69, 9.17) is 4.42 Å². The first-order chi connectivity index (χ1) is 10.2. The normalized spacial score (nSPS) is 11.3. The number of nitrogens with one attached hydrogen (secondary N) is 1. The number of para-hydroxylation sites is 2. The Kier molecular flexibility index (Phi) is 4.66. The third-order valence-corrected chi connectivity index (χ3v) is 3.57. The number of carbonyl (C=O) groups is 1. The molecule has 2 aromatic rings. The summed E-state index contributed by atoms with van der Waals surface area (Å²) in [5, 5.41) is 2.59. The van der Waals surface area contributed by atoms with E-state index in [1.807, 2.05) is 26.0 Å². The van der Waals surface area contributed by atoms with Crippen LogP contribution >= 0.6 is 0 Å². The van der Waals surface area contributed by atoms with E-state index >= 15 is 0 Å². The van der Waals surface area contributed by atoms with E-state index in [1.54, 1.807) is 18.5 Å². The summed E-state index contributed by atoms with van der Waals surface area (Å²) in [5.74, 6) is -0.244. The molecule has 0 radical (unpaired) electrons. The van der Waals surface area contributed by atoms with Gasteiger partial charge in [0.05, 0.1) is 4.79 Å². The number of Topliss-reactive ketones (excluding diaryl/α,β-unsaturated/α-hetero) is 1. The van der Waals surface area contributed by atoms with Crippen LogP contribution < -0.4 is 5.32 Å². The molecule has 0 unspecified atom stereocenters. The average Bonchev–Trinajstić information content (AvgIpc) is 2.91. The first kappa shape index (κ1) is 15.1. The molecule has 21 heavy (non-hydrogen) atoms. The Bertz CT molecular complexity index is 594. The third kappa shape index (κ3) is 2.93. The lowest BCUT2D eigenvalue weighted by atomic mass is 9.84. The zero-order valence-electron chi connectivity index (χ0n) is 12.3. The lowest BCUT2D eigenvalue weighted by molar-refractivity contribution is 0.0810. The molecule has 0 bridgehead atoms. The van der Waals surface area contributed by atoms with Crippen LogP contribution in [0.5, 0.6) is 0 Å². The van der Waals surface area contributed by atoms with Crippen LogP contribution in [-0.2, 0) is 4.79 Å². The highest BCUT2D eigenvalue weighted by atomic mass is 16.4. The Morgan fingerprint density at radius 3 is 2.52 bits per heavy atom. The summed E-state index contributed by atoms with van der Waals surface area (Å²) in [4.78, 5) is 27.9. The Hall–Kier alpha value is -2.26. The van der Waals surface area contributed by atoms with Gasteiger partial charge in [-0.2, -0.15) is 0 Å². The van der Waals surface area contributed by atoms with E-state index < -0.39 is 5.54 Å². The molecule has 0 saturated carbocycles. The standard InChI is InChI=1S/C16H19N2O3/c1-3-9-16(10-4-2,17-11-19)14(20)15-18-12-7-5-6-8-13(12)21-15/h5-8H,3-4,9-10H2,1-2H3,(H,17,19)/q+1. The Labute approximate surface area is 123 Å². The van der Waals surface area contributed by atoms with Crippen molar-refractivity contribution in [3.05, 3.63) is 30.2 Å². The number of fused-ring (bicyclic) bond motifs is 1. The monoisotopic (exact) mass is 287 g/mol. The van der Waals surface area contributed by atoms with Crippen LogP contribution in [-0.4, -0.2) is 22.7 Å². The number of hydrogen-bond acceptors (Lipinski definition) is 4. The lowest BCUT2D eigenvalue weighted by Crippen LogP contribution is -2.51. The predicted octanol–water partition coefficient (Wildman–Crippen LogP) is 3.01. The van der Waals surface area contributed by atoms with Crippen molar-refractivity contribution in [3.8, 4) is 0 Å². The van der Waals surface area contributed by atoms with Crippen molar-refractivity contribution in [3.63, 3.8) is 0 Å². The molecule has 0 spiro atoms. The molecule has 1 amide bonds. The highest BCUT2D eigenvalue weighted by molar-refractivity contribution is 6.02. The van der Waals surface area contributed by atoms with E-state index in [2.05, 4.69) is 10.3 Å². The molecule has 110 valence electrons. The van der Waals surface area contributed by atoms with Gasteiger partial charge in [-0.05, 0) is 25.0 Å². The van der Waals surface area contributed by atoms with E-state index in [0.717, 1.165) is 12.8 Å². The largest absolute Gasteiger partial charge is 0.665 e. The summed E-state index contributed by atoms with van der Waals surface area (Å²) in [6.45, 7) is 3.94. The molecular weight excluding hydrogens is 268 g/mol. The lowest BCUT2D eigenvalue weighted by Gasteiger charge is -2.24. The summed E-state index contributed by atoms with van der Waals surface area (Å²) in [5.41, 5.74) is 0.224. The molecule has 1 N–H and O–H groups in total. The van der Waals surface area contributed by atoms with Crippen molar-refractivity contribution in [2.45, 2.75) is 45.1 Å². The fraction of sp³-hybridized carbons (Fsp3) is 0.438. The molecule has 0 atom stereocenters. The van der Waals surface area contributed by atoms with Crippen LogP contribution in [0.15, 0.2) is 28.7 Å². The van der Waals surface area contributed by atoms with Crippen molar-refractivity contribution in [1.82, 2.24) is 10.3 Å². The van der Waals surface area contributed by atoms with Crippen molar-refractivity contribution >= 4 is 23.3 Å². The van der Waals surface area contributed by atoms with Crippen LogP contribution in [0.3, 0.4) is 0 Å². The number of nitrogens with zero attached hydrogens (tertiary/aromatic N) is 1. The fourth-order valence-corrected chi connectivity index (χ4v) is 2.66. The minimum atomic E-state index is -0.980. The van der Waals surface area contributed by atoms with Crippen molar-refractivity contribution < 1.29 is 14.0 Å². The van der Waals surface area contributed by atoms with Crippen molar-refractivity contribution in [2.24, 2.45) is 0 Å². The van der Waals surface area contributed by atoms with Crippen molar-refractivity contribution in [2.75, 3.05) is 0 Å². The van der Waals surface area contributed by atoms with Crippen LogP contribution in [0.2, 0.25) is 0 Å². The van der Waals surface area contributed by atoms with E-state index in [1.165, 1.54) is 0 Å². The minimum absolute atomic E-state index is 0.0425. The van der Waals surface area contributed by atoms with Gasteiger partial charge in [-0.1, -0.05) is 38.8 Å². The quantitative estimate of drug-likeness (QED) is 0.460. The Morgan fingerprint density at radius 1 is 1.29 bits per heavy atom. The van der Waals surface area contributed by atoms with Gasteiger partial charge in [-0.15, -0.1) is 5.32 Å². The maximum atomic E-state index is 12.8. The van der Waals surface area contributed by atoms with Gasteiger partial charge in [-0.25, -0.2) is 4.98 Å². The molecule has 1 heterocycles. The number of aromatic nitrogens is 1. The number of carbonyl (C=O) groups excluding carboxylic acids is 2. The van der Waals surface area contributed by atoms with E-state index in [9.17, 15) is 9.59 Å². The molecule has 0 aliphatic heterocycles. The number of amides is 1. The topological polar surface area (TPSA) is 72.2 Å². The third-order valence-electron chi connectivity index (χ3n) is 3.57. The summed E-state index contributed by atoms with van der Waals surface area (Å²) >= 11 is 0. The number of oxazole rings is 1. The number of benzene rings is 1. The van der Waals surface area contributed by atoms with Crippen LogP contribution in [0.1, 0.15) is 50.2 Å². The summed E-state index contributed by atoms with van der Waals surface area (Å²) in [7, 11) is 0. The van der Waals surface area contributed by atoms with Crippen LogP contribution in [0, 0.1) is 0 Å². The van der Waals surface area contributed by atoms with E-state index in [-0.39, 0.29) is 11.7 Å². The smallest absolute Gasteiger partial charge is 0.434 e. The molecule has 0 fully saturated rings. The first-order valence-electron chi connectivity index (χ1n) is 7.21. The van der Waals surface area contributed by atoms with Gasteiger partial charge in [0.25, 0.3) is 5.89 Å². The van der Waals surface area contributed by atoms with Gasteiger partial charge in [0.15, 0.2) is 11.1 Å². The Balaban J connectivity index is 2.42. The predicted molar refractivity (Wildman–Crippen MR) is 79.7 cm³/mol. The molecule has 0 aliphatic rings. The molecule has 0 aliphatic carbocycles. The van der Waals surface area contributed by atoms with Gasteiger partial charge in [0.2, 0.25) is 5.78 Å². The molecule has 0 saturated heterocycles. The highest BCUT2D eigenvalue weighted by Crippen LogP contribution is 2.26. The average molecular weight is 287 g/mol. The highest BCUT2D eigenvalue weighted by Gasteiger charge is 2.44. The zero-order valence-corrected chi connectivity index (χ0v) is 12.3. The Morgan fingerprint density at radius 2 is 1.95 bits per heavy atom. The van der Waals surface area contributed by atoms with Crippen LogP contribution in [0.4, 0.5) is 0 Å². The second-order valence-corrected chi connectivity index (χ2v) is 5.13. The van der Waals surface area contributed by atoms with Gasteiger partial charge >= 0.3 is 6.41 Å². The number of hydrogen-bond donors (Lipinski definition) is 1. The fourth-order valence-electron chi connectivity index (χ4n) is 2.66. The molecule has 5 heteroatoms. The second-order valence-electron chi connectivity index (χ2n) is 5.13. The summed E-state index contributed by atoms with van der Waals surface area (Å²) < 4.78 is 5.54. The maximum Gasteiger partial charge on any atom is 0.665 e. The summed E-state index contributed by atoms with van der Waals surface area (Å²) in [6, 6.07) is 7.21. The molecule has 2 rings (SSSR count). The number of ketones is 1. The molecule has 5 nitrogen and oxygen atoms in total. The zero-order chi connectivity index (χ0) is 15.3. The van der Waals surface area contributed by atoms with E-state index in [0.29, 0.717) is 23.9 Å². The SMILES string of the molecule is CCCC(CCC)(N[C+]=O)C(=O)c1nc2ccccc2o1. The molecule has 1 aromatic carbocycles.